The number of benzene rings is 1. The molecule has 2 rings (SSSR count). The lowest BCUT2D eigenvalue weighted by atomic mass is 10.2. The van der Waals surface area contributed by atoms with Crippen LogP contribution in [-0.2, 0) is 11.8 Å². The van der Waals surface area contributed by atoms with E-state index >= 15 is 0 Å². The summed E-state index contributed by atoms with van der Waals surface area (Å²) in [4.78, 5) is 13.2. The minimum atomic E-state index is 0.233. The minimum Gasteiger partial charge on any atom is -0.372 e. The predicted octanol–water partition coefficient (Wildman–Crippen LogP) is 2.59. The van der Waals surface area contributed by atoms with Crippen LogP contribution in [0.2, 0.25) is 0 Å². The molecule has 0 radical (unpaired) electrons. The lowest BCUT2D eigenvalue weighted by molar-refractivity contribution is -0.116. The highest BCUT2D eigenvalue weighted by Gasteiger charge is 2.10. The number of fused-ring (bicyclic) bond motifs is 1. The van der Waals surface area contributed by atoms with E-state index < -0.39 is 0 Å². The largest absolute Gasteiger partial charge is 0.372 e. The molecule has 1 heterocycles. The average Bonchev–Trinajstić information content (AvgIpc) is 2.65. The molecule has 0 bridgehead atoms. The Hall–Kier alpha value is -1.77. The van der Waals surface area contributed by atoms with Gasteiger partial charge in [-0.05, 0) is 13.0 Å². The summed E-state index contributed by atoms with van der Waals surface area (Å²) in [6.45, 7) is 2.40. The molecule has 3 nitrogen and oxygen atoms in total. The standard InChI is InChI=1S/C14H18N2O/c1-11(17)8-9-15(2)14-10-16(3)13-7-5-4-6-12(13)14/h4-7,10H,8-9H2,1-3H3. The lowest BCUT2D eigenvalue weighted by Crippen LogP contribution is -2.20. The number of hydrogen-bond donors (Lipinski definition) is 0. The Labute approximate surface area is 102 Å². The molecular formula is C14H18N2O. The number of aromatic nitrogens is 1. The predicted molar refractivity (Wildman–Crippen MR) is 71.5 cm³/mol. The molecule has 0 unspecified atom stereocenters. The van der Waals surface area contributed by atoms with Crippen molar-refractivity contribution in [3.8, 4) is 0 Å². The summed E-state index contributed by atoms with van der Waals surface area (Å²) >= 11 is 0. The number of hydrogen-bond acceptors (Lipinski definition) is 2. The van der Waals surface area contributed by atoms with Crippen molar-refractivity contribution in [2.45, 2.75) is 13.3 Å². The third-order valence-electron chi connectivity index (χ3n) is 3.09. The van der Waals surface area contributed by atoms with Gasteiger partial charge in [0.25, 0.3) is 0 Å². The van der Waals surface area contributed by atoms with Crippen molar-refractivity contribution >= 4 is 22.4 Å². The van der Waals surface area contributed by atoms with E-state index in [4.69, 9.17) is 0 Å². The van der Waals surface area contributed by atoms with Gasteiger partial charge in [0.2, 0.25) is 0 Å². The van der Waals surface area contributed by atoms with E-state index in [-0.39, 0.29) is 5.78 Å². The topological polar surface area (TPSA) is 25.2 Å². The van der Waals surface area contributed by atoms with Crippen molar-refractivity contribution in [3.05, 3.63) is 30.5 Å². The summed E-state index contributed by atoms with van der Waals surface area (Å²) in [6.07, 6.45) is 2.71. The van der Waals surface area contributed by atoms with Gasteiger partial charge in [-0.25, -0.2) is 0 Å². The molecule has 0 atom stereocenters. The summed E-state index contributed by atoms with van der Waals surface area (Å²) in [7, 11) is 4.08. The second-order valence-electron chi connectivity index (χ2n) is 4.52. The Balaban J connectivity index is 2.32. The maximum absolute atomic E-state index is 11.0. The van der Waals surface area contributed by atoms with Gasteiger partial charge in [0.15, 0.2) is 0 Å². The van der Waals surface area contributed by atoms with Crippen LogP contribution in [0.3, 0.4) is 0 Å². The molecule has 0 aliphatic rings. The Morgan fingerprint density at radius 1 is 1.35 bits per heavy atom. The summed E-state index contributed by atoms with van der Waals surface area (Å²) in [5, 5.41) is 1.24. The van der Waals surface area contributed by atoms with Crippen LogP contribution in [0.25, 0.3) is 10.9 Å². The molecule has 3 heteroatoms. The van der Waals surface area contributed by atoms with Gasteiger partial charge in [-0.3, -0.25) is 4.79 Å². The van der Waals surface area contributed by atoms with Crippen LogP contribution in [0.1, 0.15) is 13.3 Å². The van der Waals surface area contributed by atoms with Crippen LogP contribution in [-0.4, -0.2) is 23.9 Å². The molecule has 0 saturated heterocycles. The summed E-state index contributed by atoms with van der Waals surface area (Å²) in [5.74, 6) is 0.233. The van der Waals surface area contributed by atoms with Crippen LogP contribution in [0.4, 0.5) is 5.69 Å². The highest BCUT2D eigenvalue weighted by atomic mass is 16.1. The Morgan fingerprint density at radius 2 is 2.06 bits per heavy atom. The minimum absolute atomic E-state index is 0.233. The number of carbonyl (C=O) groups excluding carboxylic acids is 1. The fourth-order valence-electron chi connectivity index (χ4n) is 2.07. The lowest BCUT2D eigenvalue weighted by Gasteiger charge is -2.17. The van der Waals surface area contributed by atoms with E-state index in [1.54, 1.807) is 6.92 Å². The Morgan fingerprint density at radius 3 is 2.76 bits per heavy atom. The molecule has 90 valence electrons. The van der Waals surface area contributed by atoms with Gasteiger partial charge in [0, 0.05) is 44.2 Å². The number of para-hydroxylation sites is 1. The zero-order chi connectivity index (χ0) is 12.4. The number of anilines is 1. The van der Waals surface area contributed by atoms with Crippen LogP contribution in [0.15, 0.2) is 30.5 Å². The van der Waals surface area contributed by atoms with Gasteiger partial charge in [-0.15, -0.1) is 0 Å². The molecule has 0 saturated carbocycles. The second-order valence-corrected chi connectivity index (χ2v) is 4.52. The molecule has 0 amide bonds. The van der Waals surface area contributed by atoms with Crippen LogP contribution < -0.4 is 4.90 Å². The van der Waals surface area contributed by atoms with Crippen LogP contribution in [0, 0.1) is 0 Å². The quantitative estimate of drug-likeness (QED) is 0.806. The molecule has 0 N–H and O–H groups in total. The molecule has 2 aromatic rings. The number of rotatable bonds is 4. The van der Waals surface area contributed by atoms with E-state index in [0.29, 0.717) is 6.42 Å². The normalized spacial score (nSPS) is 10.8. The van der Waals surface area contributed by atoms with Gasteiger partial charge in [-0.2, -0.15) is 0 Å². The van der Waals surface area contributed by atoms with Gasteiger partial charge in [-0.1, -0.05) is 18.2 Å². The molecule has 0 spiro atoms. The first kappa shape index (κ1) is 11.7. The fourth-order valence-corrected chi connectivity index (χ4v) is 2.07. The van der Waals surface area contributed by atoms with Gasteiger partial charge >= 0.3 is 0 Å². The molecule has 0 aliphatic carbocycles. The fraction of sp³-hybridized carbons (Fsp3) is 0.357. The van der Waals surface area contributed by atoms with Gasteiger partial charge < -0.3 is 9.47 Å². The highest BCUT2D eigenvalue weighted by molar-refractivity contribution is 5.93. The summed E-state index contributed by atoms with van der Waals surface area (Å²) in [6, 6.07) is 8.32. The van der Waals surface area contributed by atoms with Crippen molar-refractivity contribution in [1.82, 2.24) is 4.57 Å². The van der Waals surface area contributed by atoms with Crippen molar-refractivity contribution in [2.75, 3.05) is 18.5 Å². The molecule has 1 aromatic carbocycles. The van der Waals surface area contributed by atoms with E-state index in [0.717, 1.165) is 6.54 Å². The van der Waals surface area contributed by atoms with Crippen molar-refractivity contribution in [3.63, 3.8) is 0 Å². The first-order valence-electron chi connectivity index (χ1n) is 5.84. The Bertz CT molecular complexity index is 542. The maximum Gasteiger partial charge on any atom is 0.131 e. The number of ketones is 1. The maximum atomic E-state index is 11.0. The third-order valence-corrected chi connectivity index (χ3v) is 3.09. The molecular weight excluding hydrogens is 212 g/mol. The SMILES string of the molecule is CC(=O)CCN(C)c1cn(C)c2ccccc12. The van der Waals surface area contributed by atoms with Crippen molar-refractivity contribution in [1.29, 1.82) is 0 Å². The van der Waals surface area contributed by atoms with Crippen LogP contribution in [0.5, 0.6) is 0 Å². The first-order valence-corrected chi connectivity index (χ1v) is 5.84. The highest BCUT2D eigenvalue weighted by Crippen LogP contribution is 2.27. The molecule has 0 fully saturated rings. The smallest absolute Gasteiger partial charge is 0.131 e. The Kier molecular flexibility index (Phi) is 3.18. The van der Waals surface area contributed by atoms with E-state index in [1.165, 1.54) is 16.6 Å². The van der Waals surface area contributed by atoms with Gasteiger partial charge in [0.05, 0.1) is 5.69 Å². The third kappa shape index (κ3) is 2.33. The second kappa shape index (κ2) is 4.62. The van der Waals surface area contributed by atoms with E-state index in [1.807, 2.05) is 26.2 Å². The number of aryl methyl sites for hydroxylation is 1. The molecule has 17 heavy (non-hydrogen) atoms. The van der Waals surface area contributed by atoms with E-state index in [2.05, 4.69) is 27.8 Å². The van der Waals surface area contributed by atoms with Crippen molar-refractivity contribution < 1.29 is 4.79 Å². The van der Waals surface area contributed by atoms with E-state index in [9.17, 15) is 4.79 Å². The molecule has 0 aliphatic heterocycles. The number of nitrogens with zero attached hydrogens (tertiary/aromatic N) is 2. The number of carbonyl (C=O) groups is 1. The van der Waals surface area contributed by atoms with Crippen molar-refractivity contribution in [2.24, 2.45) is 7.05 Å². The van der Waals surface area contributed by atoms with Crippen LogP contribution >= 0.6 is 0 Å². The zero-order valence-electron chi connectivity index (χ0n) is 10.6. The zero-order valence-corrected chi connectivity index (χ0v) is 10.6. The monoisotopic (exact) mass is 230 g/mol. The summed E-state index contributed by atoms with van der Waals surface area (Å²) < 4.78 is 2.12. The molecule has 1 aromatic heterocycles. The number of Topliss-reactive ketones (excluding diaryl/α,β-unsaturated/α-hetero) is 1. The first-order chi connectivity index (χ1) is 8.09. The average molecular weight is 230 g/mol. The van der Waals surface area contributed by atoms with Gasteiger partial charge in [0.1, 0.15) is 5.78 Å². The summed E-state index contributed by atoms with van der Waals surface area (Å²) in [5.41, 5.74) is 2.40.